The molecule has 0 bridgehead atoms. The molecule has 0 aromatic heterocycles. The van der Waals surface area contributed by atoms with Crippen LogP contribution in [0.15, 0.2) is 18.2 Å². The van der Waals surface area contributed by atoms with Gasteiger partial charge in [0.1, 0.15) is 0 Å². The SMILES string of the molecule is COCCCc1ccc(C)c(CN(C(=O)C2CCCNC2)C2CC2)c1. The molecule has 3 rings (SSSR count). The number of aryl methyl sites for hydroxylation is 2. The Balaban J connectivity index is 1.69. The molecule has 4 heteroatoms. The fraction of sp³-hybridized carbons (Fsp3) is 0.667. The Morgan fingerprint density at radius 1 is 1.32 bits per heavy atom. The smallest absolute Gasteiger partial charge is 0.227 e. The maximum absolute atomic E-state index is 13.1. The lowest BCUT2D eigenvalue weighted by atomic mass is 9.97. The standard InChI is InChI=1S/C21H32N2O2/c1-16-7-8-17(5-4-12-25-2)13-19(16)15-23(20-9-10-20)21(24)18-6-3-11-22-14-18/h7-8,13,18,20,22H,3-6,9-12,14-15H2,1-2H3. The molecule has 0 radical (unpaired) electrons. The summed E-state index contributed by atoms with van der Waals surface area (Å²) < 4.78 is 5.16. The molecule has 2 fully saturated rings. The highest BCUT2D eigenvalue weighted by Crippen LogP contribution is 2.31. The van der Waals surface area contributed by atoms with Crippen LogP contribution in [0.25, 0.3) is 0 Å². The van der Waals surface area contributed by atoms with Crippen LogP contribution in [-0.4, -0.2) is 43.7 Å². The van der Waals surface area contributed by atoms with E-state index in [-0.39, 0.29) is 5.92 Å². The Hall–Kier alpha value is -1.39. The van der Waals surface area contributed by atoms with Gasteiger partial charge in [0.15, 0.2) is 0 Å². The predicted octanol–water partition coefficient (Wildman–Crippen LogP) is 3.06. The van der Waals surface area contributed by atoms with E-state index in [2.05, 4.69) is 35.3 Å². The molecule has 1 aromatic carbocycles. The number of carbonyl (C=O) groups excluding carboxylic acids is 1. The number of ether oxygens (including phenoxy) is 1. The van der Waals surface area contributed by atoms with E-state index in [0.717, 1.165) is 51.9 Å². The van der Waals surface area contributed by atoms with Crippen molar-refractivity contribution in [3.63, 3.8) is 0 Å². The van der Waals surface area contributed by atoms with Crippen molar-refractivity contribution in [1.29, 1.82) is 0 Å². The van der Waals surface area contributed by atoms with Gasteiger partial charge >= 0.3 is 0 Å². The number of rotatable bonds is 8. The molecular formula is C21H32N2O2. The van der Waals surface area contributed by atoms with E-state index < -0.39 is 0 Å². The molecule has 1 saturated heterocycles. The third-order valence-electron chi connectivity index (χ3n) is 5.48. The van der Waals surface area contributed by atoms with Crippen LogP contribution in [-0.2, 0) is 22.5 Å². The van der Waals surface area contributed by atoms with Gasteiger partial charge in [-0.3, -0.25) is 4.79 Å². The Morgan fingerprint density at radius 3 is 2.84 bits per heavy atom. The first-order valence-electron chi connectivity index (χ1n) is 9.77. The van der Waals surface area contributed by atoms with Crippen LogP contribution in [0.1, 0.15) is 48.8 Å². The first kappa shape index (κ1) is 18.4. The quantitative estimate of drug-likeness (QED) is 0.737. The van der Waals surface area contributed by atoms with Crippen molar-refractivity contribution in [2.24, 2.45) is 5.92 Å². The van der Waals surface area contributed by atoms with Crippen molar-refractivity contribution in [3.05, 3.63) is 34.9 Å². The van der Waals surface area contributed by atoms with Crippen molar-refractivity contribution in [2.45, 2.75) is 58.0 Å². The van der Waals surface area contributed by atoms with Gasteiger partial charge in [0.05, 0.1) is 5.92 Å². The van der Waals surface area contributed by atoms with Gasteiger partial charge < -0.3 is 15.0 Å². The third-order valence-corrected chi connectivity index (χ3v) is 5.48. The molecule has 25 heavy (non-hydrogen) atoms. The van der Waals surface area contributed by atoms with E-state index >= 15 is 0 Å². The predicted molar refractivity (Wildman–Crippen MR) is 101 cm³/mol. The van der Waals surface area contributed by atoms with E-state index in [1.54, 1.807) is 7.11 Å². The van der Waals surface area contributed by atoms with E-state index in [1.807, 2.05) is 0 Å². The van der Waals surface area contributed by atoms with Crippen LogP contribution < -0.4 is 5.32 Å². The van der Waals surface area contributed by atoms with Crippen LogP contribution in [0, 0.1) is 12.8 Å². The van der Waals surface area contributed by atoms with Crippen LogP contribution in [0.5, 0.6) is 0 Å². The fourth-order valence-corrected chi connectivity index (χ4v) is 3.73. The molecule has 1 N–H and O–H groups in total. The van der Waals surface area contributed by atoms with Gasteiger partial charge in [-0.05, 0) is 68.7 Å². The number of amides is 1. The minimum absolute atomic E-state index is 0.166. The molecular weight excluding hydrogens is 312 g/mol. The Kier molecular flexibility index (Phi) is 6.49. The summed E-state index contributed by atoms with van der Waals surface area (Å²) in [5.74, 6) is 0.526. The average molecular weight is 344 g/mol. The minimum atomic E-state index is 0.166. The summed E-state index contributed by atoms with van der Waals surface area (Å²) in [6.45, 7) is 5.62. The van der Waals surface area contributed by atoms with Crippen LogP contribution in [0.2, 0.25) is 0 Å². The van der Waals surface area contributed by atoms with E-state index in [1.165, 1.54) is 29.5 Å². The van der Waals surface area contributed by atoms with Gasteiger partial charge in [-0.2, -0.15) is 0 Å². The molecule has 0 spiro atoms. The molecule has 1 amide bonds. The molecule has 1 aromatic rings. The number of nitrogens with one attached hydrogen (secondary N) is 1. The van der Waals surface area contributed by atoms with Crippen LogP contribution in [0.4, 0.5) is 0 Å². The highest BCUT2D eigenvalue weighted by Gasteiger charge is 2.36. The lowest BCUT2D eigenvalue weighted by Gasteiger charge is -2.30. The topological polar surface area (TPSA) is 41.6 Å². The summed E-state index contributed by atoms with van der Waals surface area (Å²) in [4.78, 5) is 15.2. The number of benzene rings is 1. The van der Waals surface area contributed by atoms with Crippen molar-refractivity contribution < 1.29 is 9.53 Å². The average Bonchev–Trinajstić information content (AvgIpc) is 3.47. The van der Waals surface area contributed by atoms with E-state index in [9.17, 15) is 4.79 Å². The van der Waals surface area contributed by atoms with Gasteiger partial charge in [-0.15, -0.1) is 0 Å². The van der Waals surface area contributed by atoms with Crippen molar-refractivity contribution >= 4 is 5.91 Å². The summed E-state index contributed by atoms with van der Waals surface area (Å²) in [6, 6.07) is 7.18. The molecule has 1 aliphatic heterocycles. The van der Waals surface area contributed by atoms with Crippen molar-refractivity contribution in [3.8, 4) is 0 Å². The highest BCUT2D eigenvalue weighted by atomic mass is 16.5. The van der Waals surface area contributed by atoms with Crippen molar-refractivity contribution in [1.82, 2.24) is 10.2 Å². The fourth-order valence-electron chi connectivity index (χ4n) is 3.73. The zero-order valence-corrected chi connectivity index (χ0v) is 15.7. The Morgan fingerprint density at radius 2 is 2.16 bits per heavy atom. The second-order valence-electron chi connectivity index (χ2n) is 7.60. The normalized spacial score (nSPS) is 20.5. The summed E-state index contributed by atoms with van der Waals surface area (Å²) in [5.41, 5.74) is 3.94. The first-order chi connectivity index (χ1) is 12.2. The number of piperidine rings is 1. The van der Waals surface area contributed by atoms with Gasteiger partial charge in [0.25, 0.3) is 0 Å². The van der Waals surface area contributed by atoms with Gasteiger partial charge in [0.2, 0.25) is 5.91 Å². The second kappa shape index (κ2) is 8.81. The lowest BCUT2D eigenvalue weighted by molar-refractivity contribution is -0.137. The monoisotopic (exact) mass is 344 g/mol. The third kappa shape index (κ3) is 5.05. The zero-order chi connectivity index (χ0) is 17.6. The maximum atomic E-state index is 13.1. The molecule has 4 nitrogen and oxygen atoms in total. The van der Waals surface area contributed by atoms with Gasteiger partial charge in [-0.25, -0.2) is 0 Å². The number of hydrogen-bond donors (Lipinski definition) is 1. The summed E-state index contributed by atoms with van der Waals surface area (Å²) >= 11 is 0. The molecule has 2 aliphatic rings. The van der Waals surface area contributed by atoms with Gasteiger partial charge in [-0.1, -0.05) is 18.2 Å². The number of hydrogen-bond acceptors (Lipinski definition) is 3. The Bertz CT molecular complexity index is 577. The molecule has 138 valence electrons. The number of carbonyl (C=O) groups is 1. The molecule has 1 atom stereocenters. The summed E-state index contributed by atoms with van der Waals surface area (Å²) in [7, 11) is 1.75. The number of methoxy groups -OCH3 is 1. The lowest BCUT2D eigenvalue weighted by Crippen LogP contribution is -2.43. The molecule has 1 saturated carbocycles. The van der Waals surface area contributed by atoms with Crippen molar-refractivity contribution in [2.75, 3.05) is 26.8 Å². The van der Waals surface area contributed by atoms with Crippen LogP contribution in [0.3, 0.4) is 0 Å². The molecule has 1 heterocycles. The molecule has 1 aliphatic carbocycles. The van der Waals surface area contributed by atoms with Gasteiger partial charge in [0, 0.05) is 32.8 Å². The molecule has 1 unspecified atom stereocenters. The van der Waals surface area contributed by atoms with E-state index in [0.29, 0.717) is 11.9 Å². The first-order valence-corrected chi connectivity index (χ1v) is 9.77. The Labute approximate surface area is 151 Å². The summed E-state index contributed by atoms with van der Waals surface area (Å²) in [5, 5.41) is 3.38. The van der Waals surface area contributed by atoms with Crippen LogP contribution >= 0.6 is 0 Å². The number of nitrogens with zero attached hydrogens (tertiary/aromatic N) is 1. The zero-order valence-electron chi connectivity index (χ0n) is 15.7. The maximum Gasteiger partial charge on any atom is 0.227 e. The largest absolute Gasteiger partial charge is 0.385 e. The minimum Gasteiger partial charge on any atom is -0.385 e. The second-order valence-corrected chi connectivity index (χ2v) is 7.60. The van der Waals surface area contributed by atoms with E-state index in [4.69, 9.17) is 4.74 Å². The summed E-state index contributed by atoms with van der Waals surface area (Å²) in [6.07, 6.45) is 6.55. The highest BCUT2D eigenvalue weighted by molar-refractivity contribution is 5.80.